The molecule has 0 atom stereocenters. The topological polar surface area (TPSA) is 89.5 Å². The predicted octanol–water partition coefficient (Wildman–Crippen LogP) is -1.28. The van der Waals surface area contributed by atoms with Crippen LogP contribution in [0.4, 0.5) is 0 Å². The highest BCUT2D eigenvalue weighted by Crippen LogP contribution is 2.12. The Kier molecular flexibility index (Phi) is 5.81. The molecule has 0 saturated carbocycles. The Balaban J connectivity index is 2.45. The number of rotatable bonds is 7. The van der Waals surface area contributed by atoms with Crippen molar-refractivity contribution in [3.63, 3.8) is 0 Å². The van der Waals surface area contributed by atoms with Crippen LogP contribution in [0.25, 0.3) is 0 Å². The third-order valence-corrected chi connectivity index (χ3v) is 4.13. The van der Waals surface area contributed by atoms with Gasteiger partial charge >= 0.3 is 0 Å². The van der Waals surface area contributed by atoms with Crippen molar-refractivity contribution >= 4 is 10.1 Å². The number of hydrogen-bond donors (Lipinski definition) is 2. The van der Waals surface area contributed by atoms with Crippen LogP contribution in [0.2, 0.25) is 0 Å². The number of nitrogens with one attached hydrogen (secondary N) is 1. The standard InChI is InChI=1S/C10H22N2O4S/c13-9-1-5-12(7-3-11-4-8-12)6-2-10-17(14,15)16/h11,13H,1-10H2. The van der Waals surface area contributed by atoms with Crippen LogP contribution < -0.4 is 5.32 Å². The van der Waals surface area contributed by atoms with Crippen molar-refractivity contribution in [3.8, 4) is 0 Å². The van der Waals surface area contributed by atoms with Gasteiger partial charge in [0.15, 0.2) is 0 Å². The molecule has 102 valence electrons. The first-order chi connectivity index (χ1) is 7.97. The van der Waals surface area contributed by atoms with Crippen LogP contribution in [0.15, 0.2) is 0 Å². The average molecular weight is 266 g/mol. The van der Waals surface area contributed by atoms with Gasteiger partial charge in [-0.2, -0.15) is 0 Å². The summed E-state index contributed by atoms with van der Waals surface area (Å²) in [4.78, 5) is 0. The van der Waals surface area contributed by atoms with Crippen molar-refractivity contribution < 1.29 is 22.6 Å². The monoisotopic (exact) mass is 266 g/mol. The number of piperazine rings is 1. The summed E-state index contributed by atoms with van der Waals surface area (Å²) in [5, 5.41) is 12.2. The van der Waals surface area contributed by atoms with E-state index in [1.54, 1.807) is 0 Å². The lowest BCUT2D eigenvalue weighted by Crippen LogP contribution is -2.59. The van der Waals surface area contributed by atoms with Crippen molar-refractivity contribution in [2.24, 2.45) is 0 Å². The first-order valence-electron chi connectivity index (χ1n) is 6.08. The molecule has 0 aromatic carbocycles. The second-order valence-corrected chi connectivity index (χ2v) is 6.20. The first kappa shape index (κ1) is 14.8. The highest BCUT2D eigenvalue weighted by Gasteiger charge is 2.28. The van der Waals surface area contributed by atoms with Gasteiger partial charge < -0.3 is 19.5 Å². The van der Waals surface area contributed by atoms with Crippen LogP contribution in [0.3, 0.4) is 0 Å². The van der Waals surface area contributed by atoms with E-state index >= 15 is 0 Å². The lowest BCUT2D eigenvalue weighted by Gasteiger charge is -2.42. The molecule has 0 unspecified atom stereocenters. The fraction of sp³-hybridized carbons (Fsp3) is 1.00. The van der Waals surface area contributed by atoms with Crippen LogP contribution in [0, 0.1) is 0 Å². The Bertz CT molecular complexity index is 312. The summed E-state index contributed by atoms with van der Waals surface area (Å²) in [6.07, 6.45) is 1.14. The van der Waals surface area contributed by atoms with Crippen molar-refractivity contribution in [3.05, 3.63) is 0 Å². The lowest BCUT2D eigenvalue weighted by atomic mass is 10.2. The zero-order chi connectivity index (χ0) is 12.8. The van der Waals surface area contributed by atoms with Crippen molar-refractivity contribution in [1.29, 1.82) is 0 Å². The Hall–Kier alpha value is -0.210. The zero-order valence-electron chi connectivity index (χ0n) is 10.1. The van der Waals surface area contributed by atoms with E-state index < -0.39 is 10.1 Å². The fourth-order valence-corrected chi connectivity index (χ4v) is 2.89. The number of quaternary nitrogens is 1. The van der Waals surface area contributed by atoms with E-state index in [0.717, 1.165) is 43.6 Å². The molecule has 0 aliphatic carbocycles. The number of aliphatic hydroxyl groups excluding tert-OH is 1. The molecular formula is C10H22N2O4S. The summed E-state index contributed by atoms with van der Waals surface area (Å²) in [5.74, 6) is -0.278. The van der Waals surface area contributed by atoms with Gasteiger partial charge in [0.1, 0.15) is 0 Å². The molecule has 2 N–H and O–H groups in total. The Morgan fingerprint density at radius 2 is 1.76 bits per heavy atom. The molecular weight excluding hydrogens is 244 g/mol. The highest BCUT2D eigenvalue weighted by atomic mass is 32.2. The normalized spacial score (nSPS) is 20.4. The van der Waals surface area contributed by atoms with Gasteiger partial charge in [0.25, 0.3) is 0 Å². The van der Waals surface area contributed by atoms with Crippen LogP contribution in [0.1, 0.15) is 12.8 Å². The predicted molar refractivity (Wildman–Crippen MR) is 63.5 cm³/mol. The van der Waals surface area contributed by atoms with Crippen LogP contribution in [0.5, 0.6) is 0 Å². The fourth-order valence-electron chi connectivity index (χ4n) is 2.41. The quantitative estimate of drug-likeness (QED) is 0.443. The summed E-state index contributed by atoms with van der Waals surface area (Å²) in [7, 11) is -4.10. The van der Waals surface area contributed by atoms with E-state index in [-0.39, 0.29) is 12.4 Å². The second-order valence-electron chi connectivity index (χ2n) is 4.68. The largest absolute Gasteiger partial charge is 0.748 e. The molecule has 7 heteroatoms. The van der Waals surface area contributed by atoms with Gasteiger partial charge in [0.05, 0.1) is 36.3 Å². The van der Waals surface area contributed by atoms with Gasteiger partial charge in [0, 0.05) is 38.3 Å². The summed E-state index contributed by atoms with van der Waals surface area (Å²) < 4.78 is 32.6. The molecule has 0 aromatic rings. The van der Waals surface area contributed by atoms with Crippen molar-refractivity contribution in [1.82, 2.24) is 5.32 Å². The molecule has 1 saturated heterocycles. The SMILES string of the molecule is O=S(=O)([O-])CCC[N+]1(CCCO)CCNCC1. The summed E-state index contributed by atoms with van der Waals surface area (Å²) in [5.41, 5.74) is 0. The van der Waals surface area contributed by atoms with E-state index in [1.807, 2.05) is 0 Å². The maximum absolute atomic E-state index is 10.6. The molecule has 0 amide bonds. The van der Waals surface area contributed by atoms with E-state index in [0.29, 0.717) is 13.0 Å². The minimum Gasteiger partial charge on any atom is -0.748 e. The van der Waals surface area contributed by atoms with Crippen LogP contribution in [-0.2, 0) is 10.1 Å². The Morgan fingerprint density at radius 3 is 2.29 bits per heavy atom. The molecule has 1 heterocycles. The lowest BCUT2D eigenvalue weighted by molar-refractivity contribution is -0.929. The maximum Gasteiger partial charge on any atom is 0.0948 e. The van der Waals surface area contributed by atoms with Gasteiger partial charge in [-0.3, -0.25) is 0 Å². The second kappa shape index (κ2) is 6.65. The molecule has 1 aliphatic rings. The molecule has 0 aromatic heterocycles. The highest BCUT2D eigenvalue weighted by molar-refractivity contribution is 7.85. The molecule has 0 radical (unpaired) electrons. The van der Waals surface area contributed by atoms with Crippen LogP contribution in [-0.4, -0.2) is 74.2 Å². The minimum absolute atomic E-state index is 0.160. The molecule has 1 rings (SSSR count). The van der Waals surface area contributed by atoms with Crippen LogP contribution >= 0.6 is 0 Å². The smallest absolute Gasteiger partial charge is 0.0948 e. The molecule has 6 nitrogen and oxygen atoms in total. The van der Waals surface area contributed by atoms with E-state index in [4.69, 9.17) is 5.11 Å². The third-order valence-electron chi connectivity index (χ3n) is 3.34. The Morgan fingerprint density at radius 1 is 1.18 bits per heavy atom. The van der Waals surface area contributed by atoms with E-state index in [2.05, 4.69) is 5.32 Å². The summed E-state index contributed by atoms with van der Waals surface area (Å²) in [6, 6.07) is 0. The van der Waals surface area contributed by atoms with Gasteiger partial charge in [0.2, 0.25) is 0 Å². The maximum atomic E-state index is 10.6. The van der Waals surface area contributed by atoms with Gasteiger partial charge in [-0.1, -0.05) is 0 Å². The Labute approximate surface area is 103 Å². The molecule has 1 aliphatic heterocycles. The zero-order valence-corrected chi connectivity index (χ0v) is 10.9. The van der Waals surface area contributed by atoms with Crippen molar-refractivity contribution in [2.75, 3.05) is 51.6 Å². The average Bonchev–Trinajstić information content (AvgIpc) is 2.26. The number of nitrogens with zero attached hydrogens (tertiary/aromatic N) is 1. The van der Waals surface area contributed by atoms with E-state index in [9.17, 15) is 13.0 Å². The van der Waals surface area contributed by atoms with Crippen molar-refractivity contribution in [2.45, 2.75) is 12.8 Å². The molecule has 17 heavy (non-hydrogen) atoms. The molecule has 0 bridgehead atoms. The van der Waals surface area contributed by atoms with Gasteiger partial charge in [-0.15, -0.1) is 0 Å². The first-order valence-corrected chi connectivity index (χ1v) is 7.65. The minimum atomic E-state index is -4.10. The third kappa shape index (κ3) is 5.78. The molecule has 1 fully saturated rings. The van der Waals surface area contributed by atoms with E-state index in [1.165, 1.54) is 0 Å². The van der Waals surface area contributed by atoms with Gasteiger partial charge in [-0.05, 0) is 0 Å². The summed E-state index contributed by atoms with van der Waals surface area (Å²) in [6.45, 7) is 5.44. The number of hydrogen-bond acceptors (Lipinski definition) is 5. The summed E-state index contributed by atoms with van der Waals surface area (Å²) >= 11 is 0. The number of aliphatic hydroxyl groups is 1. The molecule has 0 spiro atoms. The van der Waals surface area contributed by atoms with Gasteiger partial charge in [-0.25, -0.2) is 8.42 Å².